The predicted octanol–water partition coefficient (Wildman–Crippen LogP) is 5.08. The number of nitrogens with zero attached hydrogens (tertiary/aromatic N) is 1. The van der Waals surface area contributed by atoms with Crippen LogP contribution in [0.1, 0.15) is 26.4 Å². The zero-order valence-corrected chi connectivity index (χ0v) is 15.7. The number of ketones is 1. The summed E-state index contributed by atoms with van der Waals surface area (Å²) in [4.78, 5) is 17.3. The first-order valence-corrected chi connectivity index (χ1v) is 8.95. The van der Waals surface area contributed by atoms with E-state index < -0.39 is 0 Å². The highest BCUT2D eigenvalue weighted by Crippen LogP contribution is 2.30. The molecule has 1 heterocycles. The average molecular weight is 402 g/mol. The lowest BCUT2D eigenvalue weighted by Gasteiger charge is -2.05. The molecule has 6 heteroatoms. The lowest BCUT2D eigenvalue weighted by Crippen LogP contribution is -2.02. The molecule has 1 aromatic heterocycles. The van der Waals surface area contributed by atoms with Crippen LogP contribution in [0.2, 0.25) is 0 Å². The molecule has 0 aliphatic heterocycles. The Hall–Kier alpha value is -2.18. The van der Waals surface area contributed by atoms with E-state index in [4.69, 9.17) is 5.73 Å². The van der Waals surface area contributed by atoms with Crippen molar-refractivity contribution in [3.05, 3.63) is 68.5 Å². The van der Waals surface area contributed by atoms with Gasteiger partial charge in [0.15, 0.2) is 5.13 Å². The number of hydrogen-bond donors (Lipinski definition) is 2. The van der Waals surface area contributed by atoms with Crippen LogP contribution < -0.4 is 11.1 Å². The van der Waals surface area contributed by atoms with Crippen LogP contribution in [0.5, 0.6) is 0 Å². The molecule has 2 aromatic carbocycles. The van der Waals surface area contributed by atoms with Gasteiger partial charge in [0.05, 0.1) is 0 Å². The van der Waals surface area contributed by atoms with Gasteiger partial charge in [0.2, 0.25) is 5.78 Å². The Bertz CT molecular complexity index is 883. The van der Waals surface area contributed by atoms with Crippen LogP contribution in [-0.4, -0.2) is 10.8 Å². The van der Waals surface area contributed by atoms with Gasteiger partial charge in [0, 0.05) is 15.7 Å². The molecular formula is C18H16BrN3OS. The molecular weight excluding hydrogens is 386 g/mol. The molecule has 0 amide bonds. The summed E-state index contributed by atoms with van der Waals surface area (Å²) in [5.41, 5.74) is 9.80. The largest absolute Gasteiger partial charge is 0.382 e. The molecule has 0 saturated heterocycles. The van der Waals surface area contributed by atoms with Gasteiger partial charge >= 0.3 is 0 Å². The Morgan fingerprint density at radius 2 is 1.75 bits per heavy atom. The fourth-order valence-electron chi connectivity index (χ4n) is 2.45. The van der Waals surface area contributed by atoms with E-state index in [1.54, 1.807) is 12.1 Å². The Labute approximate surface area is 152 Å². The highest BCUT2D eigenvalue weighted by molar-refractivity contribution is 9.10. The van der Waals surface area contributed by atoms with Crippen molar-refractivity contribution in [1.29, 1.82) is 0 Å². The summed E-state index contributed by atoms with van der Waals surface area (Å²) >= 11 is 4.63. The maximum atomic E-state index is 12.6. The minimum Gasteiger partial charge on any atom is -0.382 e. The average Bonchev–Trinajstić information content (AvgIpc) is 2.86. The number of aryl methyl sites for hydroxylation is 2. The van der Waals surface area contributed by atoms with Gasteiger partial charge in [-0.2, -0.15) is 0 Å². The highest BCUT2D eigenvalue weighted by atomic mass is 79.9. The minimum absolute atomic E-state index is 0.119. The van der Waals surface area contributed by atoms with Crippen molar-refractivity contribution < 1.29 is 4.79 Å². The van der Waals surface area contributed by atoms with Crippen LogP contribution >= 0.6 is 27.3 Å². The summed E-state index contributed by atoms with van der Waals surface area (Å²) in [5, 5.41) is 3.84. The van der Waals surface area contributed by atoms with Crippen molar-refractivity contribution in [2.24, 2.45) is 0 Å². The number of halogens is 1. The van der Waals surface area contributed by atoms with Crippen molar-refractivity contribution in [1.82, 2.24) is 4.98 Å². The molecule has 3 aromatic rings. The topological polar surface area (TPSA) is 68.0 Å². The van der Waals surface area contributed by atoms with Crippen molar-refractivity contribution in [3.63, 3.8) is 0 Å². The monoisotopic (exact) mass is 401 g/mol. The molecule has 0 aliphatic rings. The lowest BCUT2D eigenvalue weighted by atomic mass is 10.1. The van der Waals surface area contributed by atoms with Crippen LogP contribution in [0.25, 0.3) is 0 Å². The number of carbonyl (C=O) groups excluding carboxylic acids is 1. The smallest absolute Gasteiger partial charge is 0.206 e. The Morgan fingerprint density at radius 3 is 2.38 bits per heavy atom. The lowest BCUT2D eigenvalue weighted by molar-refractivity contribution is 0.104. The number of nitrogens with two attached hydrogens (primary N) is 1. The summed E-state index contributed by atoms with van der Waals surface area (Å²) in [6.45, 7) is 4.08. The van der Waals surface area contributed by atoms with Gasteiger partial charge in [-0.15, -0.1) is 0 Å². The fourth-order valence-corrected chi connectivity index (χ4v) is 3.58. The molecule has 0 radical (unpaired) electrons. The maximum absolute atomic E-state index is 12.6. The molecule has 0 aliphatic carbocycles. The number of nitrogens with one attached hydrogen (secondary N) is 1. The Kier molecular flexibility index (Phi) is 4.69. The molecule has 3 N–H and O–H groups in total. The van der Waals surface area contributed by atoms with E-state index >= 15 is 0 Å². The van der Waals surface area contributed by atoms with Gasteiger partial charge in [0.1, 0.15) is 10.7 Å². The number of anilines is 3. The Morgan fingerprint density at radius 1 is 1.12 bits per heavy atom. The number of rotatable bonds is 4. The number of thiazole rings is 1. The summed E-state index contributed by atoms with van der Waals surface area (Å²) < 4.78 is 0.925. The van der Waals surface area contributed by atoms with Gasteiger partial charge in [-0.3, -0.25) is 4.79 Å². The number of aromatic nitrogens is 1. The quantitative estimate of drug-likeness (QED) is 0.598. The Balaban J connectivity index is 1.87. The van der Waals surface area contributed by atoms with Crippen LogP contribution in [0, 0.1) is 13.8 Å². The van der Waals surface area contributed by atoms with Crippen molar-refractivity contribution in [2.45, 2.75) is 13.8 Å². The second-order valence-electron chi connectivity index (χ2n) is 5.57. The van der Waals surface area contributed by atoms with Crippen LogP contribution in [0.3, 0.4) is 0 Å². The summed E-state index contributed by atoms with van der Waals surface area (Å²) in [6.07, 6.45) is 0. The molecule has 24 heavy (non-hydrogen) atoms. The molecule has 0 spiro atoms. The number of hydrogen-bond acceptors (Lipinski definition) is 5. The third kappa shape index (κ3) is 3.66. The number of nitrogen functional groups attached to an aromatic ring is 1. The standard InChI is InChI=1S/C18H16BrN3OS/c1-10-7-11(2)9-14(8-10)21-18-22-17(20)16(24-18)15(23)12-3-5-13(19)6-4-12/h3-9H,20H2,1-2H3,(H,21,22). The first-order chi connectivity index (χ1) is 11.4. The molecule has 0 atom stereocenters. The van der Waals surface area contributed by atoms with E-state index in [-0.39, 0.29) is 11.6 Å². The van der Waals surface area contributed by atoms with Gasteiger partial charge in [-0.25, -0.2) is 4.98 Å². The van der Waals surface area contributed by atoms with Crippen LogP contribution in [0.4, 0.5) is 16.6 Å². The molecule has 0 bridgehead atoms. The molecule has 0 saturated carbocycles. The van der Waals surface area contributed by atoms with Crippen molar-refractivity contribution >= 4 is 49.7 Å². The summed E-state index contributed by atoms with van der Waals surface area (Å²) in [6, 6.07) is 13.4. The number of carbonyl (C=O) groups is 1. The van der Waals surface area contributed by atoms with Gasteiger partial charge in [-0.05, 0) is 61.4 Å². The van der Waals surface area contributed by atoms with Gasteiger partial charge < -0.3 is 11.1 Å². The van der Waals surface area contributed by atoms with E-state index in [0.717, 1.165) is 21.3 Å². The molecule has 4 nitrogen and oxygen atoms in total. The van der Waals surface area contributed by atoms with Crippen LogP contribution in [-0.2, 0) is 0 Å². The maximum Gasteiger partial charge on any atom is 0.206 e. The van der Waals surface area contributed by atoms with Crippen LogP contribution in [0.15, 0.2) is 46.9 Å². The molecule has 122 valence electrons. The molecule has 3 rings (SSSR count). The van der Waals surface area contributed by atoms with Crippen molar-refractivity contribution in [2.75, 3.05) is 11.1 Å². The highest BCUT2D eigenvalue weighted by Gasteiger charge is 2.18. The second-order valence-corrected chi connectivity index (χ2v) is 7.49. The first kappa shape index (κ1) is 16.7. The summed E-state index contributed by atoms with van der Waals surface area (Å²) in [7, 11) is 0. The fraction of sp³-hybridized carbons (Fsp3) is 0.111. The third-order valence-corrected chi connectivity index (χ3v) is 4.95. The summed E-state index contributed by atoms with van der Waals surface area (Å²) in [5.74, 6) is 0.130. The first-order valence-electron chi connectivity index (χ1n) is 7.34. The van der Waals surface area contributed by atoms with E-state index in [2.05, 4.69) is 32.3 Å². The predicted molar refractivity (Wildman–Crippen MR) is 103 cm³/mol. The SMILES string of the molecule is Cc1cc(C)cc(Nc2nc(N)c(C(=O)c3ccc(Br)cc3)s2)c1. The zero-order chi connectivity index (χ0) is 17.3. The van der Waals surface area contributed by atoms with Crippen molar-refractivity contribution in [3.8, 4) is 0 Å². The molecule has 0 unspecified atom stereocenters. The van der Waals surface area contributed by atoms with E-state index in [0.29, 0.717) is 15.6 Å². The third-order valence-electron chi connectivity index (χ3n) is 3.44. The van der Waals surface area contributed by atoms with E-state index in [1.165, 1.54) is 11.3 Å². The second kappa shape index (κ2) is 6.75. The normalized spacial score (nSPS) is 10.6. The van der Waals surface area contributed by atoms with E-state index in [9.17, 15) is 4.79 Å². The molecule has 0 fully saturated rings. The minimum atomic E-state index is -0.119. The zero-order valence-electron chi connectivity index (χ0n) is 13.3. The van der Waals surface area contributed by atoms with E-state index in [1.807, 2.05) is 38.1 Å². The van der Waals surface area contributed by atoms with Gasteiger partial charge in [-0.1, -0.05) is 33.3 Å². The van der Waals surface area contributed by atoms with Gasteiger partial charge in [0.25, 0.3) is 0 Å². The number of benzene rings is 2.